The second-order valence-corrected chi connectivity index (χ2v) is 4.43. The van der Waals surface area contributed by atoms with Crippen LogP contribution in [0.25, 0.3) is 5.70 Å². The van der Waals surface area contributed by atoms with E-state index in [2.05, 4.69) is 43.8 Å². The fourth-order valence-corrected chi connectivity index (χ4v) is 1.76. The Morgan fingerprint density at radius 2 is 2.36 bits per heavy atom. The molecular weight excluding hydrogens is 190 g/mol. The zero-order chi connectivity index (χ0) is 10.6. The van der Waals surface area contributed by atoms with E-state index in [1.165, 1.54) is 5.71 Å². The standard InChI is InChI=1S/C12H17NS/c1-5-9(2)10(3)13-11(4)12-7-6-8-14-12/h6-9H,4-5H2,1-3H3. The molecule has 2 heteroatoms. The average molecular weight is 207 g/mol. The molecule has 0 spiro atoms. The normalized spacial score (nSPS) is 14.1. The van der Waals surface area contributed by atoms with Gasteiger partial charge >= 0.3 is 0 Å². The van der Waals surface area contributed by atoms with Gasteiger partial charge in [0.25, 0.3) is 0 Å². The van der Waals surface area contributed by atoms with E-state index in [9.17, 15) is 0 Å². The lowest BCUT2D eigenvalue weighted by molar-refractivity contribution is 0.736. The summed E-state index contributed by atoms with van der Waals surface area (Å²) < 4.78 is 0. The smallest absolute Gasteiger partial charge is 0.0729 e. The largest absolute Gasteiger partial charge is 0.257 e. The van der Waals surface area contributed by atoms with Crippen LogP contribution in [0.15, 0.2) is 29.1 Å². The predicted molar refractivity (Wildman–Crippen MR) is 65.9 cm³/mol. The van der Waals surface area contributed by atoms with E-state index < -0.39 is 0 Å². The minimum atomic E-state index is 0.548. The Bertz CT molecular complexity index is 322. The monoisotopic (exact) mass is 207 g/mol. The van der Waals surface area contributed by atoms with Crippen LogP contribution in [0.2, 0.25) is 0 Å². The fraction of sp³-hybridized carbons (Fsp3) is 0.417. The summed E-state index contributed by atoms with van der Waals surface area (Å²) in [7, 11) is 0. The molecule has 14 heavy (non-hydrogen) atoms. The van der Waals surface area contributed by atoms with Crippen LogP contribution in [-0.4, -0.2) is 5.71 Å². The van der Waals surface area contributed by atoms with E-state index >= 15 is 0 Å². The molecule has 0 radical (unpaired) electrons. The molecule has 0 aliphatic carbocycles. The molecule has 0 N–H and O–H groups in total. The van der Waals surface area contributed by atoms with E-state index in [1.54, 1.807) is 11.3 Å². The topological polar surface area (TPSA) is 12.4 Å². The number of thiophene rings is 1. The van der Waals surface area contributed by atoms with Gasteiger partial charge in [0.05, 0.1) is 10.6 Å². The van der Waals surface area contributed by atoms with Crippen molar-refractivity contribution in [3.8, 4) is 0 Å². The van der Waals surface area contributed by atoms with Gasteiger partial charge < -0.3 is 0 Å². The Hall–Kier alpha value is -0.890. The van der Waals surface area contributed by atoms with E-state index in [1.807, 2.05) is 6.07 Å². The van der Waals surface area contributed by atoms with Crippen molar-refractivity contribution in [2.24, 2.45) is 10.9 Å². The number of hydrogen-bond donors (Lipinski definition) is 0. The highest BCUT2D eigenvalue weighted by Crippen LogP contribution is 2.20. The van der Waals surface area contributed by atoms with E-state index in [4.69, 9.17) is 0 Å². The number of aliphatic imine (C=N–C) groups is 1. The van der Waals surface area contributed by atoms with Gasteiger partial charge in [-0.3, -0.25) is 4.99 Å². The highest BCUT2D eigenvalue weighted by Gasteiger charge is 2.04. The molecule has 1 heterocycles. The molecule has 1 unspecified atom stereocenters. The van der Waals surface area contributed by atoms with Crippen LogP contribution >= 0.6 is 11.3 Å². The fourth-order valence-electron chi connectivity index (χ4n) is 1.12. The molecule has 1 nitrogen and oxygen atoms in total. The van der Waals surface area contributed by atoms with Gasteiger partial charge in [0.15, 0.2) is 0 Å². The molecule has 1 aromatic rings. The third-order valence-corrected chi connectivity index (χ3v) is 3.36. The maximum Gasteiger partial charge on any atom is 0.0729 e. The van der Waals surface area contributed by atoms with Crippen LogP contribution in [0.4, 0.5) is 0 Å². The Morgan fingerprint density at radius 3 is 2.86 bits per heavy atom. The first-order valence-electron chi connectivity index (χ1n) is 4.93. The van der Waals surface area contributed by atoms with Crippen molar-refractivity contribution in [1.82, 2.24) is 0 Å². The molecular formula is C12H17NS. The van der Waals surface area contributed by atoms with E-state index in [0.717, 1.165) is 17.0 Å². The third kappa shape index (κ3) is 2.81. The summed E-state index contributed by atoms with van der Waals surface area (Å²) in [6, 6.07) is 4.08. The Balaban J connectivity index is 2.73. The molecule has 1 rings (SSSR count). The summed E-state index contributed by atoms with van der Waals surface area (Å²) in [6.45, 7) is 10.4. The maximum atomic E-state index is 4.52. The summed E-state index contributed by atoms with van der Waals surface area (Å²) in [5.74, 6) is 0.548. The first-order valence-corrected chi connectivity index (χ1v) is 5.81. The van der Waals surface area contributed by atoms with Gasteiger partial charge in [0.2, 0.25) is 0 Å². The van der Waals surface area contributed by atoms with Gasteiger partial charge in [-0.25, -0.2) is 0 Å². The predicted octanol–water partition coefficient (Wildman–Crippen LogP) is 4.23. The van der Waals surface area contributed by atoms with Crippen molar-refractivity contribution in [2.45, 2.75) is 27.2 Å². The number of nitrogens with zero attached hydrogens (tertiary/aromatic N) is 1. The maximum absolute atomic E-state index is 4.52. The van der Waals surface area contributed by atoms with Crippen LogP contribution in [-0.2, 0) is 0 Å². The van der Waals surface area contributed by atoms with Crippen molar-refractivity contribution in [3.63, 3.8) is 0 Å². The summed E-state index contributed by atoms with van der Waals surface area (Å²) in [6.07, 6.45) is 1.13. The molecule has 0 saturated carbocycles. The van der Waals surface area contributed by atoms with E-state index in [-0.39, 0.29) is 0 Å². The summed E-state index contributed by atoms with van der Waals surface area (Å²) in [5.41, 5.74) is 2.06. The lowest BCUT2D eigenvalue weighted by Crippen LogP contribution is -2.05. The molecule has 0 aliphatic rings. The Morgan fingerprint density at radius 1 is 1.64 bits per heavy atom. The first-order chi connectivity index (χ1) is 6.65. The van der Waals surface area contributed by atoms with Gasteiger partial charge in [-0.15, -0.1) is 11.3 Å². The van der Waals surface area contributed by atoms with Crippen molar-refractivity contribution >= 4 is 22.7 Å². The number of rotatable bonds is 4. The zero-order valence-electron chi connectivity index (χ0n) is 9.08. The molecule has 0 amide bonds. The van der Waals surface area contributed by atoms with Crippen molar-refractivity contribution in [1.29, 1.82) is 0 Å². The van der Waals surface area contributed by atoms with Gasteiger partial charge in [-0.05, 0) is 30.7 Å². The molecule has 0 aliphatic heterocycles. The molecule has 0 saturated heterocycles. The molecule has 1 aromatic heterocycles. The van der Waals surface area contributed by atoms with Crippen LogP contribution in [0.1, 0.15) is 32.1 Å². The zero-order valence-corrected chi connectivity index (χ0v) is 9.90. The second kappa shape index (κ2) is 5.11. The van der Waals surface area contributed by atoms with Crippen molar-refractivity contribution in [3.05, 3.63) is 29.0 Å². The molecule has 0 aromatic carbocycles. The molecule has 76 valence electrons. The van der Waals surface area contributed by atoms with Gasteiger partial charge in [0.1, 0.15) is 0 Å². The molecule has 1 atom stereocenters. The highest BCUT2D eigenvalue weighted by atomic mass is 32.1. The van der Waals surface area contributed by atoms with Crippen LogP contribution in [0.3, 0.4) is 0 Å². The minimum absolute atomic E-state index is 0.548. The summed E-state index contributed by atoms with van der Waals surface area (Å²) in [5, 5.41) is 2.05. The quantitative estimate of drug-likeness (QED) is 0.655. The Labute approximate surface area is 90.2 Å². The SMILES string of the molecule is C=C(N=C(C)C(C)CC)c1cccs1. The van der Waals surface area contributed by atoms with Crippen LogP contribution in [0.5, 0.6) is 0 Å². The van der Waals surface area contributed by atoms with Gasteiger partial charge in [-0.1, -0.05) is 26.5 Å². The van der Waals surface area contributed by atoms with Crippen LogP contribution in [0, 0.1) is 5.92 Å². The van der Waals surface area contributed by atoms with Gasteiger partial charge in [0, 0.05) is 5.71 Å². The first kappa shape index (κ1) is 11.2. The second-order valence-electron chi connectivity index (χ2n) is 3.49. The van der Waals surface area contributed by atoms with Crippen molar-refractivity contribution in [2.75, 3.05) is 0 Å². The Kier molecular flexibility index (Phi) is 4.08. The van der Waals surface area contributed by atoms with Crippen LogP contribution < -0.4 is 0 Å². The molecule has 0 fully saturated rings. The highest BCUT2D eigenvalue weighted by molar-refractivity contribution is 7.11. The lowest BCUT2D eigenvalue weighted by Gasteiger charge is -2.07. The summed E-state index contributed by atoms with van der Waals surface area (Å²) in [4.78, 5) is 5.68. The third-order valence-electron chi connectivity index (χ3n) is 2.44. The minimum Gasteiger partial charge on any atom is -0.257 e. The number of hydrogen-bond acceptors (Lipinski definition) is 2. The van der Waals surface area contributed by atoms with Gasteiger partial charge in [-0.2, -0.15) is 0 Å². The summed E-state index contributed by atoms with van der Waals surface area (Å²) >= 11 is 1.69. The average Bonchev–Trinajstić information content (AvgIpc) is 2.69. The molecule has 0 bridgehead atoms. The van der Waals surface area contributed by atoms with E-state index in [0.29, 0.717) is 5.92 Å². The lowest BCUT2D eigenvalue weighted by atomic mass is 10.0. The van der Waals surface area contributed by atoms with Crippen molar-refractivity contribution < 1.29 is 0 Å².